The van der Waals surface area contributed by atoms with Crippen molar-refractivity contribution in [3.05, 3.63) is 107 Å². The van der Waals surface area contributed by atoms with Gasteiger partial charge in [0.25, 0.3) is 5.91 Å². The average Bonchev–Trinajstić information content (AvgIpc) is 3.58. The zero-order valence-electron chi connectivity index (χ0n) is 22.8. The van der Waals surface area contributed by atoms with Gasteiger partial charge in [-0.05, 0) is 40.7 Å². The first-order valence-corrected chi connectivity index (χ1v) is 14.8. The Morgan fingerprint density at radius 1 is 0.833 bits per heavy atom. The minimum atomic E-state index is -4.50. The number of aromatic amines is 1. The molecule has 2 amide bonds. The summed E-state index contributed by atoms with van der Waals surface area (Å²) in [5.41, 5.74) is 3.46. The van der Waals surface area contributed by atoms with Crippen molar-refractivity contribution in [1.29, 1.82) is 0 Å². The van der Waals surface area contributed by atoms with Crippen LogP contribution in [0.5, 0.6) is 0 Å². The Morgan fingerprint density at radius 3 is 2.14 bits per heavy atom. The van der Waals surface area contributed by atoms with E-state index in [-0.39, 0.29) is 5.91 Å². The SMILES string of the molecule is O=C(NCc1ccccc1)c1cnc(SCCCCCC2(C(=O)NCC(F)(F)F)c3ccccc3-c3ccccc32)[nH]1. The molecule has 1 aromatic heterocycles. The summed E-state index contributed by atoms with van der Waals surface area (Å²) in [4.78, 5) is 33.4. The van der Waals surface area contributed by atoms with Gasteiger partial charge in [-0.25, -0.2) is 4.98 Å². The summed E-state index contributed by atoms with van der Waals surface area (Å²) >= 11 is 1.50. The largest absolute Gasteiger partial charge is 0.405 e. The van der Waals surface area contributed by atoms with Crippen LogP contribution in [0.25, 0.3) is 11.1 Å². The van der Waals surface area contributed by atoms with E-state index in [2.05, 4.69) is 20.6 Å². The molecule has 1 aliphatic rings. The number of fused-ring (bicyclic) bond motifs is 3. The Bertz CT molecular complexity index is 1490. The van der Waals surface area contributed by atoms with E-state index in [1.54, 1.807) is 0 Å². The van der Waals surface area contributed by atoms with Gasteiger partial charge in [0.2, 0.25) is 5.91 Å². The molecule has 0 aliphatic heterocycles. The third-order valence-corrected chi connectivity index (χ3v) is 8.40. The van der Waals surface area contributed by atoms with Crippen LogP contribution in [0.1, 0.15) is 52.9 Å². The summed E-state index contributed by atoms with van der Waals surface area (Å²) < 4.78 is 39.2. The molecular formula is C32H31F3N4O2S. The van der Waals surface area contributed by atoms with E-state index in [1.165, 1.54) is 18.0 Å². The molecular weight excluding hydrogens is 561 g/mol. The normalized spacial score (nSPS) is 13.3. The zero-order valence-corrected chi connectivity index (χ0v) is 23.7. The third-order valence-electron chi connectivity index (χ3n) is 7.43. The molecule has 6 nitrogen and oxygen atoms in total. The quantitative estimate of drug-likeness (QED) is 0.127. The molecule has 3 aromatic carbocycles. The molecule has 42 heavy (non-hydrogen) atoms. The van der Waals surface area contributed by atoms with Gasteiger partial charge in [-0.3, -0.25) is 9.59 Å². The number of hydrogen-bond donors (Lipinski definition) is 3. The Balaban J connectivity index is 1.18. The first-order chi connectivity index (χ1) is 20.3. The fraction of sp³-hybridized carbons (Fsp3) is 0.281. The summed E-state index contributed by atoms with van der Waals surface area (Å²) in [6.07, 6.45) is -0.363. The smallest absolute Gasteiger partial charge is 0.347 e. The van der Waals surface area contributed by atoms with Crippen molar-refractivity contribution in [2.45, 2.75) is 49.0 Å². The lowest BCUT2D eigenvalue weighted by atomic mass is 9.73. The fourth-order valence-electron chi connectivity index (χ4n) is 5.49. The number of rotatable bonds is 12. The summed E-state index contributed by atoms with van der Waals surface area (Å²) in [6, 6.07) is 24.6. The van der Waals surface area contributed by atoms with Crippen LogP contribution < -0.4 is 10.6 Å². The molecule has 1 aliphatic carbocycles. The molecule has 0 radical (unpaired) electrons. The number of alkyl halides is 3. The average molecular weight is 593 g/mol. The fourth-order valence-corrected chi connectivity index (χ4v) is 6.34. The lowest BCUT2D eigenvalue weighted by Gasteiger charge is -2.31. The van der Waals surface area contributed by atoms with Gasteiger partial charge in [-0.1, -0.05) is 103 Å². The van der Waals surface area contributed by atoms with Gasteiger partial charge < -0.3 is 15.6 Å². The minimum absolute atomic E-state index is 0.232. The van der Waals surface area contributed by atoms with Gasteiger partial charge in [0, 0.05) is 12.3 Å². The molecule has 3 N–H and O–H groups in total. The molecule has 0 atom stereocenters. The Labute approximate surface area is 246 Å². The molecule has 0 saturated heterocycles. The highest BCUT2D eigenvalue weighted by Gasteiger charge is 2.49. The predicted octanol–water partition coefficient (Wildman–Crippen LogP) is 6.64. The van der Waals surface area contributed by atoms with Crippen LogP contribution in [-0.4, -0.2) is 40.3 Å². The highest BCUT2D eigenvalue weighted by Crippen LogP contribution is 2.51. The third kappa shape index (κ3) is 6.54. The van der Waals surface area contributed by atoms with Crippen LogP contribution in [0.4, 0.5) is 13.2 Å². The Morgan fingerprint density at radius 2 is 1.48 bits per heavy atom. The van der Waals surface area contributed by atoms with Gasteiger partial charge in [0.15, 0.2) is 5.16 Å². The molecule has 0 saturated carbocycles. The van der Waals surface area contributed by atoms with E-state index < -0.39 is 24.0 Å². The number of carbonyl (C=O) groups is 2. The number of aromatic nitrogens is 2. The van der Waals surface area contributed by atoms with Crippen molar-refractivity contribution in [3.63, 3.8) is 0 Å². The zero-order chi connectivity index (χ0) is 29.6. The molecule has 0 bridgehead atoms. The van der Waals surface area contributed by atoms with Gasteiger partial charge >= 0.3 is 6.18 Å². The lowest BCUT2D eigenvalue weighted by Crippen LogP contribution is -2.47. The topological polar surface area (TPSA) is 86.9 Å². The molecule has 0 unspecified atom stereocenters. The molecule has 218 valence electrons. The van der Waals surface area contributed by atoms with Crippen molar-refractivity contribution < 1.29 is 22.8 Å². The van der Waals surface area contributed by atoms with E-state index in [4.69, 9.17) is 0 Å². The van der Waals surface area contributed by atoms with Crippen LogP contribution in [0.2, 0.25) is 0 Å². The van der Waals surface area contributed by atoms with Crippen LogP contribution in [0, 0.1) is 0 Å². The van der Waals surface area contributed by atoms with Gasteiger partial charge in [-0.2, -0.15) is 13.2 Å². The molecule has 1 heterocycles. The van der Waals surface area contributed by atoms with Gasteiger partial charge in [0.1, 0.15) is 17.7 Å². The maximum Gasteiger partial charge on any atom is 0.405 e. The van der Waals surface area contributed by atoms with E-state index >= 15 is 0 Å². The minimum Gasteiger partial charge on any atom is -0.347 e. The summed E-state index contributed by atoms with van der Waals surface area (Å²) in [6.45, 7) is -0.949. The Hall–Kier alpha value is -4.05. The number of imidazole rings is 1. The lowest BCUT2D eigenvalue weighted by molar-refractivity contribution is -0.141. The number of carbonyl (C=O) groups excluding carboxylic acids is 2. The van der Waals surface area contributed by atoms with Crippen molar-refractivity contribution in [2.75, 3.05) is 12.3 Å². The maximum absolute atomic E-state index is 13.6. The number of nitrogens with one attached hydrogen (secondary N) is 3. The molecule has 4 aromatic rings. The highest BCUT2D eigenvalue weighted by molar-refractivity contribution is 7.99. The number of halogens is 3. The molecule has 10 heteroatoms. The second-order valence-electron chi connectivity index (χ2n) is 10.2. The second kappa shape index (κ2) is 12.9. The van der Waals surface area contributed by atoms with Crippen molar-refractivity contribution in [2.24, 2.45) is 0 Å². The van der Waals surface area contributed by atoms with Crippen molar-refractivity contribution in [3.8, 4) is 11.1 Å². The van der Waals surface area contributed by atoms with Gasteiger partial charge in [-0.15, -0.1) is 0 Å². The maximum atomic E-state index is 13.6. The second-order valence-corrected chi connectivity index (χ2v) is 11.3. The van der Waals surface area contributed by atoms with Crippen LogP contribution >= 0.6 is 11.8 Å². The van der Waals surface area contributed by atoms with Crippen LogP contribution in [-0.2, 0) is 16.8 Å². The molecule has 0 fully saturated rings. The molecule has 0 spiro atoms. The number of thioether (sulfide) groups is 1. The van der Waals surface area contributed by atoms with Gasteiger partial charge in [0.05, 0.1) is 6.20 Å². The van der Waals surface area contributed by atoms with E-state index in [1.807, 2.05) is 78.9 Å². The van der Waals surface area contributed by atoms with Crippen LogP contribution in [0.3, 0.4) is 0 Å². The van der Waals surface area contributed by atoms with Crippen molar-refractivity contribution in [1.82, 2.24) is 20.6 Å². The van der Waals surface area contributed by atoms with Crippen LogP contribution in [0.15, 0.2) is 90.2 Å². The molecule has 5 rings (SSSR count). The van der Waals surface area contributed by atoms with E-state index in [0.717, 1.165) is 46.4 Å². The van der Waals surface area contributed by atoms with E-state index in [0.29, 0.717) is 30.2 Å². The number of nitrogens with zero attached hydrogens (tertiary/aromatic N) is 1. The summed E-state index contributed by atoms with van der Waals surface area (Å²) in [7, 11) is 0. The number of benzene rings is 3. The highest BCUT2D eigenvalue weighted by atomic mass is 32.2. The summed E-state index contributed by atoms with van der Waals surface area (Å²) in [5, 5.41) is 5.69. The summed E-state index contributed by atoms with van der Waals surface area (Å²) in [5.74, 6) is -0.122. The monoisotopic (exact) mass is 592 g/mol. The standard InChI is InChI=1S/C32H31F3N4O2S/c33-32(34,35)21-38-29(41)31(25-15-7-5-13-23(25)24-14-6-8-16-26(24)31)17-9-2-10-18-42-30-37-20-27(39-30)28(40)36-19-22-11-3-1-4-12-22/h1,3-8,11-16,20H,2,9-10,17-19,21H2,(H,36,40)(H,37,39)(H,38,41). The van der Waals surface area contributed by atoms with E-state index in [9.17, 15) is 22.8 Å². The predicted molar refractivity (Wildman–Crippen MR) is 157 cm³/mol. The number of amides is 2. The number of hydrogen-bond acceptors (Lipinski definition) is 4. The first-order valence-electron chi connectivity index (χ1n) is 13.8. The number of unbranched alkanes of at least 4 members (excludes halogenated alkanes) is 2. The first kappa shape index (κ1) is 29.4. The van der Waals surface area contributed by atoms with Crippen molar-refractivity contribution >= 4 is 23.6 Å². The Kier molecular flexibility index (Phi) is 9.01. The number of H-pyrrole nitrogens is 1.